The van der Waals surface area contributed by atoms with Crippen molar-refractivity contribution in [2.24, 2.45) is 16.6 Å². The van der Waals surface area contributed by atoms with E-state index in [1.807, 2.05) is 18.2 Å². The first-order chi connectivity index (χ1) is 12.6. The van der Waals surface area contributed by atoms with Crippen LogP contribution in [0.1, 0.15) is 38.5 Å². The second-order valence-corrected chi connectivity index (χ2v) is 7.49. The lowest BCUT2D eigenvalue weighted by Crippen LogP contribution is -2.39. The zero-order valence-electron chi connectivity index (χ0n) is 16.0. The Balaban J connectivity index is 1.61. The number of ether oxygens (including phenoxy) is 2. The van der Waals surface area contributed by atoms with Gasteiger partial charge in [0.05, 0.1) is 19.8 Å². The summed E-state index contributed by atoms with van der Waals surface area (Å²) in [5, 5.41) is 3.18. The van der Waals surface area contributed by atoms with Crippen molar-refractivity contribution in [1.82, 2.24) is 4.90 Å². The first kappa shape index (κ1) is 18.8. The van der Waals surface area contributed by atoms with Crippen LogP contribution < -0.4 is 20.5 Å². The number of hydrogen-bond acceptors (Lipinski definition) is 4. The van der Waals surface area contributed by atoms with Crippen molar-refractivity contribution in [3.05, 3.63) is 18.2 Å². The molecule has 0 saturated heterocycles. The largest absolute Gasteiger partial charge is 0.490 e. The van der Waals surface area contributed by atoms with Gasteiger partial charge in [0.15, 0.2) is 17.5 Å². The van der Waals surface area contributed by atoms with E-state index < -0.39 is 0 Å². The van der Waals surface area contributed by atoms with Gasteiger partial charge in [-0.2, -0.15) is 0 Å². The molecule has 0 aromatic heterocycles. The molecule has 1 aliphatic heterocycles. The maximum Gasteiger partial charge on any atom is 0.193 e. The van der Waals surface area contributed by atoms with E-state index in [0.29, 0.717) is 31.1 Å². The van der Waals surface area contributed by atoms with Gasteiger partial charge in [0.25, 0.3) is 0 Å². The van der Waals surface area contributed by atoms with Gasteiger partial charge in [-0.05, 0) is 45.0 Å². The summed E-state index contributed by atoms with van der Waals surface area (Å²) in [6.45, 7) is 2.09. The molecule has 1 saturated carbocycles. The van der Waals surface area contributed by atoms with Crippen molar-refractivity contribution >= 4 is 11.6 Å². The van der Waals surface area contributed by atoms with Gasteiger partial charge in [0.2, 0.25) is 0 Å². The van der Waals surface area contributed by atoms with E-state index in [4.69, 9.17) is 15.2 Å². The van der Waals surface area contributed by atoms with Gasteiger partial charge in [-0.1, -0.05) is 19.3 Å². The summed E-state index contributed by atoms with van der Waals surface area (Å²) < 4.78 is 11.4. The van der Waals surface area contributed by atoms with E-state index in [9.17, 15) is 0 Å². The summed E-state index contributed by atoms with van der Waals surface area (Å²) in [7, 11) is 4.28. The van der Waals surface area contributed by atoms with Crippen LogP contribution in [0.25, 0.3) is 0 Å². The highest BCUT2D eigenvalue weighted by Crippen LogP contribution is 2.32. The molecule has 1 fully saturated rings. The number of likely N-dealkylation sites (N-methyl/N-ethyl adjacent to an activating group) is 1. The van der Waals surface area contributed by atoms with Gasteiger partial charge >= 0.3 is 0 Å². The second-order valence-electron chi connectivity index (χ2n) is 7.49. The van der Waals surface area contributed by atoms with E-state index in [1.165, 1.54) is 32.1 Å². The summed E-state index contributed by atoms with van der Waals surface area (Å²) in [6, 6.07) is 6.23. The van der Waals surface area contributed by atoms with Crippen LogP contribution in [-0.2, 0) is 0 Å². The van der Waals surface area contributed by atoms with Crippen LogP contribution in [0, 0.1) is 5.92 Å². The number of aliphatic imine (C=N–C) groups is 1. The third-order valence-electron chi connectivity index (χ3n) is 5.33. The third kappa shape index (κ3) is 5.04. The zero-order valence-corrected chi connectivity index (χ0v) is 16.0. The quantitative estimate of drug-likeness (QED) is 0.624. The third-order valence-corrected chi connectivity index (χ3v) is 5.33. The van der Waals surface area contributed by atoms with Gasteiger partial charge < -0.3 is 25.4 Å². The summed E-state index contributed by atoms with van der Waals surface area (Å²) >= 11 is 0. The fraction of sp³-hybridized carbons (Fsp3) is 0.650. The zero-order chi connectivity index (χ0) is 18.4. The van der Waals surface area contributed by atoms with Crippen LogP contribution >= 0.6 is 0 Å². The predicted octanol–water partition coefficient (Wildman–Crippen LogP) is 3.09. The van der Waals surface area contributed by atoms with Gasteiger partial charge in [-0.25, -0.2) is 0 Å². The van der Waals surface area contributed by atoms with Crippen LogP contribution in [0.5, 0.6) is 11.5 Å². The molecule has 3 N–H and O–H groups in total. The van der Waals surface area contributed by atoms with Crippen molar-refractivity contribution in [3.8, 4) is 11.5 Å². The molecule has 0 amide bonds. The number of rotatable bonds is 5. The van der Waals surface area contributed by atoms with Crippen molar-refractivity contribution in [2.45, 2.75) is 44.6 Å². The van der Waals surface area contributed by atoms with Crippen LogP contribution in [0.15, 0.2) is 23.2 Å². The number of guanidine groups is 1. The minimum atomic E-state index is 0.444. The molecule has 1 unspecified atom stereocenters. The van der Waals surface area contributed by atoms with Gasteiger partial charge in [-0.15, -0.1) is 0 Å². The average molecular weight is 361 g/mol. The Labute approximate surface area is 156 Å². The minimum absolute atomic E-state index is 0.444. The smallest absolute Gasteiger partial charge is 0.193 e. The average Bonchev–Trinajstić information content (AvgIpc) is 2.87. The first-order valence-corrected chi connectivity index (χ1v) is 9.76. The number of fused-ring (bicyclic) bond motifs is 1. The lowest BCUT2D eigenvalue weighted by Gasteiger charge is -2.33. The molecular weight excluding hydrogens is 328 g/mol. The molecule has 1 heterocycles. The molecule has 1 aromatic carbocycles. The van der Waals surface area contributed by atoms with Crippen molar-refractivity contribution in [3.63, 3.8) is 0 Å². The molecule has 1 aliphatic carbocycles. The molecule has 0 spiro atoms. The Hall–Kier alpha value is -1.95. The Morgan fingerprint density at radius 1 is 1.15 bits per heavy atom. The molecular formula is C20H32N4O2. The molecule has 1 atom stereocenters. The number of nitrogens with two attached hydrogens (primary N) is 1. The Kier molecular flexibility index (Phi) is 6.61. The summed E-state index contributed by atoms with van der Waals surface area (Å²) in [4.78, 5) is 6.91. The topological polar surface area (TPSA) is 72.1 Å². The van der Waals surface area contributed by atoms with E-state index >= 15 is 0 Å². The Morgan fingerprint density at radius 3 is 2.62 bits per heavy atom. The fourth-order valence-electron chi connectivity index (χ4n) is 3.87. The van der Waals surface area contributed by atoms with Crippen LogP contribution in [0.3, 0.4) is 0 Å². The highest BCUT2D eigenvalue weighted by molar-refractivity contribution is 5.92. The summed E-state index contributed by atoms with van der Waals surface area (Å²) in [6.07, 6.45) is 7.54. The van der Waals surface area contributed by atoms with Crippen LogP contribution in [-0.4, -0.2) is 50.8 Å². The van der Waals surface area contributed by atoms with E-state index in [1.54, 1.807) is 0 Å². The molecule has 3 rings (SSSR count). The molecule has 26 heavy (non-hydrogen) atoms. The van der Waals surface area contributed by atoms with E-state index in [2.05, 4.69) is 29.3 Å². The molecule has 1 aromatic rings. The lowest BCUT2D eigenvalue weighted by atomic mass is 9.83. The van der Waals surface area contributed by atoms with E-state index in [-0.39, 0.29) is 0 Å². The molecule has 2 aliphatic rings. The highest BCUT2D eigenvalue weighted by atomic mass is 16.5. The van der Waals surface area contributed by atoms with E-state index in [0.717, 1.165) is 30.2 Å². The number of anilines is 1. The SMILES string of the molecule is CN(C)C(CN=C(N)Nc1ccc2c(c1)OCCCO2)C1CCCCC1. The molecule has 0 radical (unpaired) electrons. The minimum Gasteiger partial charge on any atom is -0.490 e. The van der Waals surface area contributed by atoms with Gasteiger partial charge in [0.1, 0.15) is 0 Å². The highest BCUT2D eigenvalue weighted by Gasteiger charge is 2.25. The van der Waals surface area contributed by atoms with Crippen LogP contribution in [0.2, 0.25) is 0 Å². The Morgan fingerprint density at radius 2 is 1.88 bits per heavy atom. The standard InChI is InChI=1S/C20H32N4O2/c1-24(2)17(15-7-4-3-5-8-15)14-22-20(21)23-16-9-10-18-19(13-16)26-12-6-11-25-18/h9-10,13,15,17H,3-8,11-12,14H2,1-2H3,(H3,21,22,23). The van der Waals surface area contributed by atoms with Crippen molar-refractivity contribution in [2.75, 3.05) is 39.2 Å². The normalized spacial score (nSPS) is 19.9. The lowest BCUT2D eigenvalue weighted by molar-refractivity contribution is 0.176. The number of benzene rings is 1. The maximum atomic E-state index is 6.14. The predicted molar refractivity (Wildman–Crippen MR) is 106 cm³/mol. The molecule has 6 heteroatoms. The molecule has 144 valence electrons. The number of nitrogens with zero attached hydrogens (tertiary/aromatic N) is 2. The number of hydrogen-bond donors (Lipinski definition) is 2. The first-order valence-electron chi connectivity index (χ1n) is 9.76. The summed E-state index contributed by atoms with van der Waals surface area (Å²) in [5.41, 5.74) is 7.01. The van der Waals surface area contributed by atoms with Gasteiger partial charge in [-0.3, -0.25) is 4.99 Å². The second kappa shape index (κ2) is 9.12. The summed E-state index contributed by atoms with van der Waals surface area (Å²) in [5.74, 6) is 2.71. The van der Waals surface area contributed by atoms with Gasteiger partial charge in [0, 0.05) is 24.2 Å². The number of nitrogens with one attached hydrogen (secondary N) is 1. The maximum absolute atomic E-state index is 6.14. The van der Waals surface area contributed by atoms with Crippen molar-refractivity contribution in [1.29, 1.82) is 0 Å². The van der Waals surface area contributed by atoms with Crippen molar-refractivity contribution < 1.29 is 9.47 Å². The van der Waals surface area contributed by atoms with Crippen LogP contribution in [0.4, 0.5) is 5.69 Å². The molecule has 0 bridgehead atoms. The molecule has 6 nitrogen and oxygen atoms in total. The Bertz CT molecular complexity index is 612. The monoisotopic (exact) mass is 360 g/mol. The fourth-order valence-corrected chi connectivity index (χ4v) is 3.87.